The van der Waals surface area contributed by atoms with Crippen molar-refractivity contribution in [1.29, 1.82) is 0 Å². The van der Waals surface area contributed by atoms with E-state index in [0.717, 1.165) is 82.6 Å². The van der Waals surface area contributed by atoms with Gasteiger partial charge in [0.05, 0.1) is 20.4 Å². The predicted octanol–water partition coefficient (Wildman–Crippen LogP) is 6.94. The van der Waals surface area contributed by atoms with Crippen molar-refractivity contribution in [3.05, 3.63) is 46.4 Å². The third-order valence-corrected chi connectivity index (χ3v) is 11.5. The van der Waals surface area contributed by atoms with Crippen LogP contribution in [0.25, 0.3) is 20.4 Å². The van der Waals surface area contributed by atoms with Crippen molar-refractivity contribution in [3.8, 4) is 0 Å². The molecule has 2 fully saturated rings. The van der Waals surface area contributed by atoms with Gasteiger partial charge in [-0.2, -0.15) is 0 Å². The van der Waals surface area contributed by atoms with Crippen LogP contribution in [0.5, 0.6) is 0 Å². The van der Waals surface area contributed by atoms with E-state index in [-0.39, 0.29) is 11.8 Å². The van der Waals surface area contributed by atoms with Gasteiger partial charge in [0.25, 0.3) is 0 Å². The Morgan fingerprint density at radius 2 is 1.14 bits per heavy atom. The number of likely N-dealkylation sites (tertiary alicyclic amines) is 2. The molecule has 12 heteroatoms. The van der Waals surface area contributed by atoms with Crippen LogP contribution in [-0.2, 0) is 9.59 Å². The van der Waals surface area contributed by atoms with Crippen molar-refractivity contribution in [1.82, 2.24) is 19.8 Å². The highest BCUT2D eigenvalue weighted by atomic mass is 35.5. The number of carbonyl (C=O) groups excluding carboxylic acids is 2. The maximum atomic E-state index is 12.9. The third kappa shape index (κ3) is 6.87. The van der Waals surface area contributed by atoms with Crippen molar-refractivity contribution in [2.24, 2.45) is 0 Å². The smallest absolute Gasteiger partial charge is 0.222 e. The van der Waals surface area contributed by atoms with E-state index in [2.05, 4.69) is 23.9 Å². The van der Waals surface area contributed by atoms with Gasteiger partial charge < -0.3 is 19.6 Å². The van der Waals surface area contributed by atoms with E-state index in [4.69, 9.17) is 33.2 Å². The minimum absolute atomic E-state index is 0.154. The standard InChI is InChI=1S/C31H36Cl2N6O2S2/c1-36(30-34-24-18-20(32)6-8-26(24)42-30)22-10-14-38(15-11-22)28(40)4-3-5-29(41)39-16-12-23(13-17-39)37(2)31-35-25-19-21(33)7-9-27(25)43-31/h6-9,18-19,22-23H,3-5,10-17H2,1-2H3. The second kappa shape index (κ2) is 13.1. The maximum absolute atomic E-state index is 12.9. The molecule has 2 aliphatic rings. The fourth-order valence-corrected chi connectivity index (χ4v) is 8.39. The van der Waals surface area contributed by atoms with E-state index >= 15 is 0 Å². The topological polar surface area (TPSA) is 72.9 Å². The van der Waals surface area contributed by atoms with Gasteiger partial charge in [0.1, 0.15) is 0 Å². The maximum Gasteiger partial charge on any atom is 0.222 e. The number of hydrogen-bond donors (Lipinski definition) is 0. The highest BCUT2D eigenvalue weighted by molar-refractivity contribution is 7.22. The Morgan fingerprint density at radius 1 is 0.744 bits per heavy atom. The van der Waals surface area contributed by atoms with Crippen LogP contribution in [0, 0.1) is 0 Å². The van der Waals surface area contributed by atoms with Gasteiger partial charge >= 0.3 is 0 Å². The molecule has 2 aromatic carbocycles. The number of piperidine rings is 2. The van der Waals surface area contributed by atoms with E-state index in [1.807, 2.05) is 46.2 Å². The lowest BCUT2D eigenvalue weighted by atomic mass is 10.0. The molecule has 2 aliphatic heterocycles. The van der Waals surface area contributed by atoms with Gasteiger partial charge in [0.15, 0.2) is 10.3 Å². The number of anilines is 2. The number of carbonyl (C=O) groups is 2. The minimum Gasteiger partial charge on any atom is -0.348 e. The van der Waals surface area contributed by atoms with Crippen LogP contribution in [0.4, 0.5) is 10.3 Å². The average Bonchev–Trinajstić information content (AvgIpc) is 3.64. The van der Waals surface area contributed by atoms with Gasteiger partial charge in [0, 0.05) is 75.2 Å². The quantitative estimate of drug-likeness (QED) is 0.204. The van der Waals surface area contributed by atoms with Crippen molar-refractivity contribution < 1.29 is 9.59 Å². The van der Waals surface area contributed by atoms with E-state index < -0.39 is 0 Å². The number of hydrogen-bond acceptors (Lipinski definition) is 8. The van der Waals surface area contributed by atoms with Crippen LogP contribution >= 0.6 is 45.9 Å². The molecular weight excluding hydrogens is 623 g/mol. The predicted molar refractivity (Wildman–Crippen MR) is 179 cm³/mol. The summed E-state index contributed by atoms with van der Waals surface area (Å²) in [5.74, 6) is 0.307. The molecule has 2 saturated heterocycles. The first-order valence-corrected chi connectivity index (χ1v) is 17.3. The molecule has 228 valence electrons. The number of thiazole rings is 2. The van der Waals surface area contributed by atoms with Gasteiger partial charge in [-0.1, -0.05) is 45.9 Å². The minimum atomic E-state index is 0.154. The summed E-state index contributed by atoms with van der Waals surface area (Å²) in [7, 11) is 4.18. The molecule has 43 heavy (non-hydrogen) atoms. The Labute approximate surface area is 270 Å². The second-order valence-corrected chi connectivity index (χ2v) is 14.4. The summed E-state index contributed by atoms with van der Waals surface area (Å²) in [6.45, 7) is 2.95. The summed E-state index contributed by atoms with van der Waals surface area (Å²) in [5.41, 5.74) is 1.85. The zero-order chi connectivity index (χ0) is 30.1. The Balaban J connectivity index is 0.908. The number of amides is 2. The fraction of sp³-hybridized carbons (Fsp3) is 0.484. The number of rotatable bonds is 8. The van der Waals surface area contributed by atoms with Crippen LogP contribution < -0.4 is 9.80 Å². The van der Waals surface area contributed by atoms with Gasteiger partial charge in [-0.25, -0.2) is 9.97 Å². The molecular formula is C31H36Cl2N6O2S2. The summed E-state index contributed by atoms with van der Waals surface area (Å²) < 4.78 is 2.25. The SMILES string of the molecule is CN(c1nc2cc(Cl)ccc2s1)C1CCN(C(=O)CCCC(=O)N2CCC(N(C)c3nc4cc(Cl)ccc4s3)CC2)CC1. The van der Waals surface area contributed by atoms with Gasteiger partial charge in [-0.15, -0.1) is 0 Å². The number of aromatic nitrogens is 2. The Bertz CT molecular complexity index is 1490. The summed E-state index contributed by atoms with van der Waals surface area (Å²) in [5, 5.41) is 3.36. The van der Waals surface area contributed by atoms with Crippen LogP contribution in [0.2, 0.25) is 10.0 Å². The second-order valence-electron chi connectivity index (χ2n) is 11.5. The molecule has 4 aromatic rings. The average molecular weight is 660 g/mol. The van der Waals surface area contributed by atoms with Crippen LogP contribution in [0.15, 0.2) is 36.4 Å². The molecule has 0 aliphatic carbocycles. The molecule has 0 spiro atoms. The van der Waals surface area contributed by atoms with E-state index in [1.165, 1.54) is 0 Å². The van der Waals surface area contributed by atoms with E-state index in [1.54, 1.807) is 22.7 Å². The lowest BCUT2D eigenvalue weighted by Gasteiger charge is -2.37. The highest BCUT2D eigenvalue weighted by Crippen LogP contribution is 2.34. The zero-order valence-electron chi connectivity index (χ0n) is 24.5. The first-order valence-electron chi connectivity index (χ1n) is 14.9. The molecule has 0 atom stereocenters. The summed E-state index contributed by atoms with van der Waals surface area (Å²) in [6, 6.07) is 12.3. The molecule has 2 amide bonds. The van der Waals surface area contributed by atoms with Crippen LogP contribution in [-0.4, -0.2) is 83.9 Å². The van der Waals surface area contributed by atoms with Crippen LogP contribution in [0.3, 0.4) is 0 Å². The first kappa shape index (κ1) is 30.4. The third-order valence-electron chi connectivity index (χ3n) is 8.79. The monoisotopic (exact) mass is 658 g/mol. The molecule has 2 aromatic heterocycles. The Kier molecular flexibility index (Phi) is 9.28. The van der Waals surface area contributed by atoms with Crippen molar-refractivity contribution in [2.75, 3.05) is 50.1 Å². The zero-order valence-corrected chi connectivity index (χ0v) is 27.6. The van der Waals surface area contributed by atoms with E-state index in [0.29, 0.717) is 41.4 Å². The molecule has 0 saturated carbocycles. The number of halogens is 2. The van der Waals surface area contributed by atoms with Crippen molar-refractivity contribution in [3.63, 3.8) is 0 Å². The van der Waals surface area contributed by atoms with Gasteiger partial charge in [-0.3, -0.25) is 9.59 Å². The highest BCUT2D eigenvalue weighted by Gasteiger charge is 2.29. The first-order chi connectivity index (χ1) is 20.7. The number of benzene rings is 2. The number of fused-ring (bicyclic) bond motifs is 2. The lowest BCUT2D eigenvalue weighted by Crippen LogP contribution is -2.46. The van der Waals surface area contributed by atoms with Gasteiger partial charge in [-0.05, 0) is 68.5 Å². The van der Waals surface area contributed by atoms with Crippen molar-refractivity contribution >= 4 is 88.4 Å². The molecule has 0 bridgehead atoms. The Morgan fingerprint density at radius 3 is 1.53 bits per heavy atom. The fourth-order valence-electron chi connectivity index (χ4n) is 6.10. The summed E-state index contributed by atoms with van der Waals surface area (Å²) in [6.07, 6.45) is 5.08. The number of nitrogens with zero attached hydrogens (tertiary/aromatic N) is 6. The molecule has 4 heterocycles. The lowest BCUT2D eigenvalue weighted by molar-refractivity contribution is -0.133. The summed E-state index contributed by atoms with van der Waals surface area (Å²) >= 11 is 15.6. The molecule has 6 rings (SSSR count). The van der Waals surface area contributed by atoms with Crippen molar-refractivity contribution in [2.45, 2.75) is 57.0 Å². The normalized spacial score (nSPS) is 16.7. The molecule has 8 nitrogen and oxygen atoms in total. The molecule has 0 radical (unpaired) electrons. The largest absolute Gasteiger partial charge is 0.348 e. The molecule has 0 N–H and O–H groups in total. The summed E-state index contributed by atoms with van der Waals surface area (Å²) in [4.78, 5) is 43.8. The molecule has 0 unspecified atom stereocenters. The Hall–Kier alpha value is -2.66. The van der Waals surface area contributed by atoms with E-state index in [9.17, 15) is 9.59 Å². The van der Waals surface area contributed by atoms with Crippen LogP contribution in [0.1, 0.15) is 44.9 Å². The van der Waals surface area contributed by atoms with Gasteiger partial charge in [0.2, 0.25) is 11.8 Å².